The summed E-state index contributed by atoms with van der Waals surface area (Å²) >= 11 is 0. The number of rotatable bonds is 2. The molecule has 1 aromatic carbocycles. The van der Waals surface area contributed by atoms with Gasteiger partial charge in [0.05, 0.1) is 7.11 Å². The lowest BCUT2D eigenvalue weighted by Gasteiger charge is -2.22. The van der Waals surface area contributed by atoms with Crippen LogP contribution in [-0.4, -0.2) is 7.11 Å². The zero-order chi connectivity index (χ0) is 11.6. The molecule has 84 valence electrons. The van der Waals surface area contributed by atoms with Gasteiger partial charge in [0.1, 0.15) is 5.75 Å². The summed E-state index contributed by atoms with van der Waals surface area (Å²) in [5.74, 6) is 0.922. The summed E-state index contributed by atoms with van der Waals surface area (Å²) in [6.45, 7) is 4.45. The lowest BCUT2D eigenvalue weighted by atomic mass is 9.83. The Labute approximate surface area is 97.4 Å². The molecule has 0 radical (unpaired) electrons. The highest BCUT2D eigenvalue weighted by Crippen LogP contribution is 2.33. The molecule has 0 unspecified atom stereocenters. The van der Waals surface area contributed by atoms with E-state index in [1.807, 2.05) is 12.1 Å². The summed E-state index contributed by atoms with van der Waals surface area (Å²) in [4.78, 5) is 0. The Hall–Kier alpha value is -1.50. The number of allylic oxidation sites excluding steroid dienone is 4. The Balaban J connectivity index is 2.34. The molecule has 16 heavy (non-hydrogen) atoms. The van der Waals surface area contributed by atoms with Crippen molar-refractivity contribution in [1.82, 2.24) is 0 Å². The Morgan fingerprint density at radius 3 is 2.75 bits per heavy atom. The molecule has 0 saturated carbocycles. The van der Waals surface area contributed by atoms with E-state index >= 15 is 0 Å². The minimum absolute atomic E-state index is 0.163. The molecule has 1 aliphatic rings. The van der Waals surface area contributed by atoms with Crippen LogP contribution in [0.1, 0.15) is 25.8 Å². The second kappa shape index (κ2) is 4.17. The summed E-state index contributed by atoms with van der Waals surface area (Å²) < 4.78 is 5.25. The fraction of sp³-hybridized carbons (Fsp3) is 0.333. The van der Waals surface area contributed by atoms with Crippen LogP contribution < -0.4 is 4.74 Å². The topological polar surface area (TPSA) is 9.23 Å². The normalized spacial score (nSPS) is 18.1. The number of hydrogen-bond donors (Lipinski definition) is 0. The Bertz CT molecular complexity index is 439. The molecule has 0 aromatic heterocycles. The number of benzene rings is 1. The van der Waals surface area contributed by atoms with Gasteiger partial charge in [0.15, 0.2) is 0 Å². The molecule has 0 N–H and O–H groups in total. The first-order valence-electron chi connectivity index (χ1n) is 5.64. The number of ether oxygens (including phenoxy) is 1. The van der Waals surface area contributed by atoms with E-state index in [1.165, 1.54) is 11.1 Å². The van der Waals surface area contributed by atoms with Crippen LogP contribution in [0.15, 0.2) is 42.5 Å². The van der Waals surface area contributed by atoms with Gasteiger partial charge in [-0.3, -0.25) is 0 Å². The van der Waals surface area contributed by atoms with E-state index in [2.05, 4.69) is 44.2 Å². The van der Waals surface area contributed by atoms with E-state index in [0.717, 1.165) is 12.2 Å². The van der Waals surface area contributed by atoms with Gasteiger partial charge in [0.2, 0.25) is 0 Å². The zero-order valence-corrected chi connectivity index (χ0v) is 10.2. The highest BCUT2D eigenvalue weighted by molar-refractivity contribution is 5.69. The number of hydrogen-bond acceptors (Lipinski definition) is 1. The first-order valence-corrected chi connectivity index (χ1v) is 5.64. The Morgan fingerprint density at radius 2 is 2.06 bits per heavy atom. The molecular formula is C15H18O. The second-order valence-electron chi connectivity index (χ2n) is 4.83. The lowest BCUT2D eigenvalue weighted by Crippen LogP contribution is -2.07. The van der Waals surface area contributed by atoms with E-state index in [-0.39, 0.29) is 5.41 Å². The van der Waals surface area contributed by atoms with Gasteiger partial charge in [-0.2, -0.15) is 0 Å². The molecular weight excluding hydrogens is 196 g/mol. The van der Waals surface area contributed by atoms with Crippen LogP contribution in [-0.2, 0) is 0 Å². The predicted octanol–water partition coefficient (Wildman–Crippen LogP) is 4.06. The Morgan fingerprint density at radius 1 is 1.25 bits per heavy atom. The first kappa shape index (κ1) is 11.0. The highest BCUT2D eigenvalue weighted by atomic mass is 16.5. The summed E-state index contributed by atoms with van der Waals surface area (Å²) in [7, 11) is 1.71. The average molecular weight is 214 g/mol. The van der Waals surface area contributed by atoms with Crippen LogP contribution in [0.4, 0.5) is 0 Å². The SMILES string of the molecule is COc1cccc(C2=CC(C)(C)C=CC2)c1. The number of methoxy groups -OCH3 is 1. The molecule has 0 spiro atoms. The maximum atomic E-state index is 5.25. The van der Waals surface area contributed by atoms with Crippen molar-refractivity contribution < 1.29 is 4.74 Å². The van der Waals surface area contributed by atoms with E-state index in [4.69, 9.17) is 4.74 Å². The van der Waals surface area contributed by atoms with Gasteiger partial charge in [0, 0.05) is 5.41 Å². The molecule has 0 saturated heterocycles. The predicted molar refractivity (Wildman–Crippen MR) is 68.5 cm³/mol. The third-order valence-electron chi connectivity index (χ3n) is 2.87. The zero-order valence-electron chi connectivity index (χ0n) is 10.2. The molecule has 0 atom stereocenters. The maximum absolute atomic E-state index is 5.25. The lowest BCUT2D eigenvalue weighted by molar-refractivity contribution is 0.414. The van der Waals surface area contributed by atoms with Crippen LogP contribution in [0.2, 0.25) is 0 Å². The molecule has 1 aliphatic carbocycles. The van der Waals surface area contributed by atoms with Gasteiger partial charge < -0.3 is 4.74 Å². The van der Waals surface area contributed by atoms with Gasteiger partial charge in [-0.05, 0) is 29.7 Å². The van der Waals surface area contributed by atoms with Gasteiger partial charge in [-0.1, -0.05) is 44.2 Å². The van der Waals surface area contributed by atoms with Crippen molar-refractivity contribution in [2.75, 3.05) is 7.11 Å². The van der Waals surface area contributed by atoms with E-state index in [0.29, 0.717) is 0 Å². The summed E-state index contributed by atoms with van der Waals surface area (Å²) in [5.41, 5.74) is 2.81. The van der Waals surface area contributed by atoms with E-state index in [9.17, 15) is 0 Å². The summed E-state index contributed by atoms with van der Waals surface area (Å²) in [6, 6.07) is 8.26. The van der Waals surface area contributed by atoms with Crippen LogP contribution in [0.25, 0.3) is 5.57 Å². The average Bonchev–Trinajstić information content (AvgIpc) is 2.28. The molecule has 1 nitrogen and oxygen atoms in total. The van der Waals surface area contributed by atoms with Crippen LogP contribution in [0.3, 0.4) is 0 Å². The molecule has 0 bridgehead atoms. The fourth-order valence-electron chi connectivity index (χ4n) is 2.07. The van der Waals surface area contributed by atoms with Crippen LogP contribution in [0, 0.1) is 5.41 Å². The minimum atomic E-state index is 0.163. The van der Waals surface area contributed by atoms with E-state index < -0.39 is 0 Å². The van der Waals surface area contributed by atoms with Crippen LogP contribution >= 0.6 is 0 Å². The summed E-state index contributed by atoms with van der Waals surface area (Å²) in [6.07, 6.45) is 7.85. The van der Waals surface area contributed by atoms with Crippen molar-refractivity contribution in [3.05, 3.63) is 48.1 Å². The summed E-state index contributed by atoms with van der Waals surface area (Å²) in [5, 5.41) is 0. The Kier molecular flexibility index (Phi) is 2.86. The largest absolute Gasteiger partial charge is 0.497 e. The molecule has 2 rings (SSSR count). The smallest absolute Gasteiger partial charge is 0.119 e. The molecule has 0 fully saturated rings. The van der Waals surface area contributed by atoms with Crippen molar-refractivity contribution >= 4 is 5.57 Å². The van der Waals surface area contributed by atoms with Crippen molar-refractivity contribution in [3.63, 3.8) is 0 Å². The molecule has 0 aliphatic heterocycles. The van der Waals surface area contributed by atoms with Gasteiger partial charge in [-0.25, -0.2) is 0 Å². The van der Waals surface area contributed by atoms with Gasteiger partial charge >= 0.3 is 0 Å². The standard InChI is InChI=1S/C15H18O/c1-15(2)9-5-7-13(11-15)12-6-4-8-14(10-12)16-3/h4-6,8-11H,7H2,1-3H3. The third-order valence-corrected chi connectivity index (χ3v) is 2.87. The van der Waals surface area contributed by atoms with Crippen molar-refractivity contribution in [2.45, 2.75) is 20.3 Å². The fourth-order valence-corrected chi connectivity index (χ4v) is 2.07. The first-order chi connectivity index (χ1) is 7.61. The van der Waals surface area contributed by atoms with Crippen LogP contribution in [0.5, 0.6) is 5.75 Å². The molecule has 0 heterocycles. The maximum Gasteiger partial charge on any atom is 0.119 e. The molecule has 1 aromatic rings. The monoisotopic (exact) mass is 214 g/mol. The molecule has 0 amide bonds. The van der Waals surface area contributed by atoms with E-state index in [1.54, 1.807) is 7.11 Å². The minimum Gasteiger partial charge on any atom is -0.497 e. The quantitative estimate of drug-likeness (QED) is 0.674. The third kappa shape index (κ3) is 2.35. The van der Waals surface area contributed by atoms with Crippen molar-refractivity contribution in [2.24, 2.45) is 5.41 Å². The van der Waals surface area contributed by atoms with Crippen molar-refractivity contribution in [1.29, 1.82) is 0 Å². The highest BCUT2D eigenvalue weighted by Gasteiger charge is 2.16. The van der Waals surface area contributed by atoms with Gasteiger partial charge in [-0.15, -0.1) is 0 Å². The van der Waals surface area contributed by atoms with Crippen molar-refractivity contribution in [3.8, 4) is 5.75 Å². The second-order valence-corrected chi connectivity index (χ2v) is 4.83. The van der Waals surface area contributed by atoms with Gasteiger partial charge in [0.25, 0.3) is 0 Å². The molecule has 1 heteroatoms.